The van der Waals surface area contributed by atoms with Crippen molar-refractivity contribution in [3.8, 4) is 0 Å². The molecule has 138 valence electrons. The Balaban J connectivity index is 2.28. The van der Waals surface area contributed by atoms with Crippen molar-refractivity contribution in [1.29, 1.82) is 0 Å². The maximum Gasteiger partial charge on any atom is 0.321 e. The first-order valence-electron chi connectivity index (χ1n) is 8.20. The fourth-order valence-corrected chi connectivity index (χ4v) is 2.16. The van der Waals surface area contributed by atoms with Crippen LogP contribution in [0.3, 0.4) is 0 Å². The largest absolute Gasteiger partial charge is 0.338 e. The van der Waals surface area contributed by atoms with E-state index in [1.807, 2.05) is 0 Å². The molecule has 0 heterocycles. The third-order valence-electron chi connectivity index (χ3n) is 3.31. The molecule has 0 aliphatic heterocycles. The number of urea groups is 1. The van der Waals surface area contributed by atoms with Crippen LogP contribution in [0.15, 0.2) is 24.3 Å². The molecule has 4 N–H and O–H groups in total. The minimum Gasteiger partial charge on any atom is -0.338 e. The lowest BCUT2D eigenvalue weighted by atomic mass is 10.1. The van der Waals surface area contributed by atoms with Crippen LogP contribution in [0.5, 0.6) is 0 Å². The molecule has 1 rings (SSSR count). The van der Waals surface area contributed by atoms with Crippen molar-refractivity contribution in [3.63, 3.8) is 0 Å². The van der Waals surface area contributed by atoms with Crippen LogP contribution in [0.1, 0.15) is 20.3 Å². The monoisotopic (exact) mass is 369 g/mol. The highest BCUT2D eigenvalue weighted by molar-refractivity contribution is 6.30. The van der Waals surface area contributed by atoms with E-state index in [0.29, 0.717) is 28.1 Å². The van der Waals surface area contributed by atoms with Gasteiger partial charge in [-0.2, -0.15) is 0 Å². The van der Waals surface area contributed by atoms with Crippen LogP contribution in [0.2, 0.25) is 5.02 Å². The van der Waals surface area contributed by atoms with Crippen molar-refractivity contribution in [2.24, 2.45) is 5.92 Å². The van der Waals surface area contributed by atoms with Crippen LogP contribution in [0.4, 0.5) is 10.5 Å². The van der Waals surface area contributed by atoms with E-state index in [2.05, 4.69) is 29.8 Å². The van der Waals surface area contributed by atoms with Gasteiger partial charge in [-0.05, 0) is 36.6 Å². The molecule has 7 nitrogen and oxygen atoms in total. The van der Waals surface area contributed by atoms with Crippen LogP contribution < -0.4 is 20.9 Å². The molecule has 0 saturated carbocycles. The summed E-state index contributed by atoms with van der Waals surface area (Å²) in [6.07, 6.45) is 0.845. The van der Waals surface area contributed by atoms with Crippen LogP contribution in [-0.4, -0.2) is 44.5 Å². The van der Waals surface area contributed by atoms with Gasteiger partial charge in [-0.3, -0.25) is 14.9 Å². The SMILES string of the molecule is CC(C)CCNC(=O)NC(=O)C[NH+](C)CC(=O)Nc1ccc(Cl)cc1. The summed E-state index contributed by atoms with van der Waals surface area (Å²) in [7, 11) is 1.71. The van der Waals surface area contributed by atoms with Gasteiger partial charge in [0.05, 0.1) is 7.05 Å². The summed E-state index contributed by atoms with van der Waals surface area (Å²) in [5.74, 6) is -0.182. The number of benzene rings is 1. The highest BCUT2D eigenvalue weighted by Gasteiger charge is 2.16. The molecule has 1 unspecified atom stereocenters. The lowest BCUT2D eigenvalue weighted by molar-refractivity contribution is -0.862. The van der Waals surface area contributed by atoms with Gasteiger partial charge in [-0.1, -0.05) is 25.4 Å². The van der Waals surface area contributed by atoms with Gasteiger partial charge in [-0.25, -0.2) is 4.79 Å². The predicted octanol–water partition coefficient (Wildman–Crippen LogP) is 0.665. The molecule has 0 aromatic heterocycles. The molecule has 0 aliphatic rings. The number of rotatable bonds is 8. The lowest BCUT2D eigenvalue weighted by Crippen LogP contribution is -3.11. The maximum absolute atomic E-state index is 11.9. The van der Waals surface area contributed by atoms with E-state index >= 15 is 0 Å². The standard InChI is InChI=1S/C17H25ClN4O3/c1-12(2)8-9-19-17(25)21-16(24)11-22(3)10-15(23)20-14-6-4-13(18)5-7-14/h4-7,12H,8-11H2,1-3H3,(H,20,23)(H2,19,21,24,25)/p+1. The van der Waals surface area contributed by atoms with Crippen molar-refractivity contribution >= 4 is 35.1 Å². The maximum atomic E-state index is 11.9. The van der Waals surface area contributed by atoms with Crippen LogP contribution in [0.25, 0.3) is 0 Å². The van der Waals surface area contributed by atoms with Crippen molar-refractivity contribution in [2.75, 3.05) is 32.0 Å². The molecule has 1 aromatic rings. The quantitative estimate of drug-likeness (QED) is 0.542. The highest BCUT2D eigenvalue weighted by atomic mass is 35.5. The summed E-state index contributed by atoms with van der Waals surface area (Å²) in [5.41, 5.74) is 0.635. The third-order valence-corrected chi connectivity index (χ3v) is 3.56. The van der Waals surface area contributed by atoms with Crippen molar-refractivity contribution in [2.45, 2.75) is 20.3 Å². The second-order valence-electron chi connectivity index (χ2n) is 6.35. The Kier molecular flexibility index (Phi) is 8.94. The average Bonchev–Trinajstić information content (AvgIpc) is 2.48. The Morgan fingerprint density at radius 1 is 1.08 bits per heavy atom. The zero-order valence-corrected chi connectivity index (χ0v) is 15.6. The number of carbonyl (C=O) groups is 3. The van der Waals surface area contributed by atoms with E-state index in [0.717, 1.165) is 6.42 Å². The van der Waals surface area contributed by atoms with Crippen LogP contribution >= 0.6 is 11.6 Å². The molecule has 0 fully saturated rings. The number of likely N-dealkylation sites (N-methyl/N-ethyl adjacent to an activating group) is 1. The fourth-order valence-electron chi connectivity index (χ4n) is 2.04. The number of imide groups is 1. The van der Waals surface area contributed by atoms with Gasteiger partial charge in [0, 0.05) is 17.3 Å². The fraction of sp³-hybridized carbons (Fsp3) is 0.471. The number of nitrogens with one attached hydrogen (secondary N) is 4. The third kappa shape index (κ3) is 9.69. The molecule has 4 amide bonds. The summed E-state index contributed by atoms with van der Waals surface area (Å²) < 4.78 is 0. The number of quaternary nitrogens is 1. The van der Waals surface area contributed by atoms with Crippen LogP contribution in [0, 0.1) is 5.92 Å². The number of hydrogen-bond acceptors (Lipinski definition) is 3. The first kappa shape index (κ1) is 20.9. The van der Waals surface area contributed by atoms with E-state index in [9.17, 15) is 14.4 Å². The predicted molar refractivity (Wildman–Crippen MR) is 97.7 cm³/mol. The molecule has 8 heteroatoms. The van der Waals surface area contributed by atoms with E-state index in [4.69, 9.17) is 11.6 Å². The van der Waals surface area contributed by atoms with Gasteiger partial charge in [-0.15, -0.1) is 0 Å². The molecular formula is C17H26ClN4O3+. The molecule has 0 aliphatic carbocycles. The van der Waals surface area contributed by atoms with E-state index < -0.39 is 11.9 Å². The zero-order valence-electron chi connectivity index (χ0n) is 14.8. The molecule has 0 bridgehead atoms. The Hall–Kier alpha value is -2.12. The highest BCUT2D eigenvalue weighted by Crippen LogP contribution is 2.12. The minimum atomic E-state index is -0.510. The van der Waals surface area contributed by atoms with E-state index in [1.54, 1.807) is 31.3 Å². The Bertz CT molecular complexity index is 590. The molecule has 0 spiro atoms. The van der Waals surface area contributed by atoms with Gasteiger partial charge < -0.3 is 15.5 Å². The molecule has 1 aromatic carbocycles. The number of anilines is 1. The second-order valence-corrected chi connectivity index (χ2v) is 6.79. The molecule has 1 atom stereocenters. The number of amides is 4. The second kappa shape index (κ2) is 10.7. The summed E-state index contributed by atoms with van der Waals surface area (Å²) in [6.45, 7) is 4.75. The molecule has 25 heavy (non-hydrogen) atoms. The minimum absolute atomic E-state index is 0.0195. The van der Waals surface area contributed by atoms with Gasteiger partial charge in [0.25, 0.3) is 11.8 Å². The molecule has 0 saturated heterocycles. The number of carbonyl (C=O) groups excluding carboxylic acids is 3. The van der Waals surface area contributed by atoms with Crippen molar-refractivity contribution in [3.05, 3.63) is 29.3 Å². The average molecular weight is 370 g/mol. The Labute approximate surface area is 153 Å². The lowest BCUT2D eigenvalue weighted by Gasteiger charge is -2.14. The number of halogens is 1. The topological polar surface area (TPSA) is 91.7 Å². The normalized spacial score (nSPS) is 11.7. The Morgan fingerprint density at radius 3 is 2.28 bits per heavy atom. The van der Waals surface area contributed by atoms with Gasteiger partial charge in [0.15, 0.2) is 13.1 Å². The number of hydrogen-bond donors (Lipinski definition) is 4. The van der Waals surface area contributed by atoms with Crippen LogP contribution in [-0.2, 0) is 9.59 Å². The summed E-state index contributed by atoms with van der Waals surface area (Å²) in [6, 6.07) is 6.25. The van der Waals surface area contributed by atoms with Gasteiger partial charge in [0.1, 0.15) is 0 Å². The van der Waals surface area contributed by atoms with Crippen molar-refractivity contribution in [1.82, 2.24) is 10.6 Å². The van der Waals surface area contributed by atoms with E-state index in [1.165, 1.54) is 0 Å². The zero-order chi connectivity index (χ0) is 18.8. The Morgan fingerprint density at radius 2 is 1.68 bits per heavy atom. The smallest absolute Gasteiger partial charge is 0.321 e. The first-order valence-corrected chi connectivity index (χ1v) is 8.58. The van der Waals surface area contributed by atoms with Crippen molar-refractivity contribution < 1.29 is 19.3 Å². The van der Waals surface area contributed by atoms with E-state index in [-0.39, 0.29) is 19.0 Å². The van der Waals surface area contributed by atoms with Gasteiger partial charge in [0.2, 0.25) is 0 Å². The van der Waals surface area contributed by atoms with Gasteiger partial charge >= 0.3 is 6.03 Å². The molecule has 0 radical (unpaired) electrons. The summed E-state index contributed by atoms with van der Waals surface area (Å²) in [5, 5.41) is 8.19. The molecular weight excluding hydrogens is 344 g/mol. The first-order chi connectivity index (χ1) is 11.8. The summed E-state index contributed by atoms with van der Waals surface area (Å²) in [4.78, 5) is 36.0. The summed E-state index contributed by atoms with van der Waals surface area (Å²) >= 11 is 5.78.